The number of amides is 3. The highest BCUT2D eigenvalue weighted by atomic mass is 35.5. The van der Waals surface area contributed by atoms with Gasteiger partial charge in [-0.2, -0.15) is 0 Å². The molecule has 7 nitrogen and oxygen atoms in total. The highest BCUT2D eigenvalue weighted by Gasteiger charge is 2.67. The van der Waals surface area contributed by atoms with Crippen molar-refractivity contribution in [2.45, 2.75) is 49.0 Å². The average molecular weight is 670 g/mol. The van der Waals surface area contributed by atoms with Crippen molar-refractivity contribution in [2.75, 3.05) is 16.0 Å². The summed E-state index contributed by atoms with van der Waals surface area (Å²) in [4.78, 5) is 38.4. The predicted molar refractivity (Wildman–Crippen MR) is 169 cm³/mol. The summed E-state index contributed by atoms with van der Waals surface area (Å²) in [7, 11) is 0. The van der Waals surface area contributed by atoms with E-state index >= 15 is 0 Å². The van der Waals surface area contributed by atoms with E-state index in [2.05, 4.69) is 16.0 Å². The predicted octanol–water partition coefficient (Wildman–Crippen LogP) is 9.22. The third kappa shape index (κ3) is 6.46. The van der Waals surface area contributed by atoms with Gasteiger partial charge in [0, 0.05) is 28.5 Å². The van der Waals surface area contributed by atoms with E-state index in [1.54, 1.807) is 54.6 Å². The Kier molecular flexibility index (Phi) is 8.63. The zero-order valence-electron chi connectivity index (χ0n) is 22.5. The molecular formula is C30H26Cl5N3O4. The van der Waals surface area contributed by atoms with E-state index in [-0.39, 0.29) is 21.0 Å². The van der Waals surface area contributed by atoms with Gasteiger partial charge < -0.3 is 15.4 Å². The number of ether oxygens (including phenoxy) is 1. The van der Waals surface area contributed by atoms with E-state index in [1.807, 2.05) is 13.8 Å². The summed E-state index contributed by atoms with van der Waals surface area (Å²) in [6.45, 7) is 3.73. The molecule has 0 heterocycles. The Balaban J connectivity index is 1.21. The average Bonchev–Trinajstić information content (AvgIpc) is 3.49. The van der Waals surface area contributed by atoms with Gasteiger partial charge in [0.1, 0.15) is 9.93 Å². The summed E-state index contributed by atoms with van der Waals surface area (Å²) in [5.41, 5.74) is 2.76. The number of carbonyl (C=O) groups excluding carboxylic acids is 3. The van der Waals surface area contributed by atoms with Crippen LogP contribution in [0.4, 0.5) is 21.9 Å². The van der Waals surface area contributed by atoms with Gasteiger partial charge in [0.2, 0.25) is 5.91 Å². The van der Waals surface area contributed by atoms with Crippen LogP contribution in [-0.2, 0) is 9.53 Å². The molecule has 0 saturated heterocycles. The van der Waals surface area contributed by atoms with Crippen molar-refractivity contribution in [2.24, 2.45) is 5.92 Å². The zero-order valence-corrected chi connectivity index (χ0v) is 26.3. The van der Waals surface area contributed by atoms with Crippen LogP contribution in [0.5, 0.6) is 0 Å². The molecule has 220 valence electrons. The second-order valence-corrected chi connectivity index (χ2v) is 13.4. The van der Waals surface area contributed by atoms with Gasteiger partial charge in [-0.3, -0.25) is 14.9 Å². The molecule has 2 aliphatic carbocycles. The van der Waals surface area contributed by atoms with Crippen molar-refractivity contribution in [3.63, 3.8) is 0 Å². The monoisotopic (exact) mass is 667 g/mol. The van der Waals surface area contributed by atoms with Crippen molar-refractivity contribution in [3.05, 3.63) is 86.4 Å². The van der Waals surface area contributed by atoms with Crippen molar-refractivity contribution in [1.82, 2.24) is 0 Å². The molecule has 2 saturated carbocycles. The second kappa shape index (κ2) is 11.8. The molecule has 12 heteroatoms. The smallest absolute Gasteiger partial charge is 0.412 e. The lowest BCUT2D eigenvalue weighted by atomic mass is 9.82. The standard InChI is InChI=1S/C30H26Cl5N3O4/c1-15-11-19(37-28(41)42-29(2)9-4-10-29)7-8-22(15)38-26(39)16-5-3-6-18(12-16)36-27(40)24-23(30(24,34)35)17-13-20(31)25(33)21(32)14-17/h3,5-8,11-14,23-24H,4,9-10H2,1-2H3,(H,36,40)(H,37,41)(H,38,39). The SMILES string of the molecule is Cc1cc(NC(=O)OC2(C)CCC2)ccc1NC(=O)c1cccc(NC(=O)C2C(c3cc(Cl)c(Cl)c(Cl)c3)C2(Cl)Cl)c1. The number of halogens is 5. The van der Waals surface area contributed by atoms with Gasteiger partial charge in [-0.25, -0.2) is 4.79 Å². The second-order valence-electron chi connectivity index (χ2n) is 10.8. The summed E-state index contributed by atoms with van der Waals surface area (Å²) < 4.78 is 4.13. The lowest BCUT2D eigenvalue weighted by molar-refractivity contribution is -0.117. The molecule has 0 bridgehead atoms. The Morgan fingerprint density at radius 2 is 1.55 bits per heavy atom. The van der Waals surface area contributed by atoms with E-state index in [0.29, 0.717) is 28.2 Å². The van der Waals surface area contributed by atoms with E-state index in [0.717, 1.165) is 24.8 Å². The molecule has 0 radical (unpaired) electrons. The highest BCUT2D eigenvalue weighted by molar-refractivity contribution is 6.54. The maximum Gasteiger partial charge on any atom is 0.412 e. The van der Waals surface area contributed by atoms with Crippen LogP contribution in [-0.4, -0.2) is 27.8 Å². The van der Waals surface area contributed by atoms with E-state index in [9.17, 15) is 14.4 Å². The maximum atomic E-state index is 13.1. The number of aryl methyl sites for hydroxylation is 1. The first-order valence-electron chi connectivity index (χ1n) is 13.1. The molecule has 0 aliphatic heterocycles. The van der Waals surface area contributed by atoms with Gasteiger partial charge in [-0.05, 0) is 92.8 Å². The van der Waals surface area contributed by atoms with Crippen molar-refractivity contribution in [1.29, 1.82) is 0 Å². The molecule has 3 aromatic rings. The molecular weight excluding hydrogens is 644 g/mol. The Hall–Kier alpha value is -2.68. The number of hydrogen-bond donors (Lipinski definition) is 3. The molecule has 3 N–H and O–H groups in total. The largest absolute Gasteiger partial charge is 0.443 e. The molecule has 3 amide bonds. The first-order valence-corrected chi connectivity index (χ1v) is 15.0. The molecule has 0 aromatic heterocycles. The van der Waals surface area contributed by atoms with Crippen molar-refractivity contribution >= 4 is 93.0 Å². The Bertz CT molecular complexity index is 1570. The minimum absolute atomic E-state index is 0.203. The molecule has 2 atom stereocenters. The number of rotatable bonds is 7. The lowest BCUT2D eigenvalue weighted by Crippen LogP contribution is -2.39. The minimum atomic E-state index is -1.37. The maximum absolute atomic E-state index is 13.1. The normalized spacial score (nSPS) is 19.7. The molecule has 2 fully saturated rings. The quantitative estimate of drug-likeness (QED) is 0.173. The molecule has 2 aliphatic rings. The third-order valence-corrected chi connectivity index (χ3v) is 9.70. The topological polar surface area (TPSA) is 96.5 Å². The fraction of sp³-hybridized carbons (Fsp3) is 0.300. The Labute approximate surface area is 268 Å². The van der Waals surface area contributed by atoms with Crippen LogP contribution in [0.1, 0.15) is 53.6 Å². The van der Waals surface area contributed by atoms with Crippen LogP contribution < -0.4 is 16.0 Å². The molecule has 2 unspecified atom stereocenters. The third-order valence-electron chi connectivity index (χ3n) is 7.56. The van der Waals surface area contributed by atoms with Crippen LogP contribution in [0, 0.1) is 12.8 Å². The highest BCUT2D eigenvalue weighted by Crippen LogP contribution is 2.65. The fourth-order valence-corrected chi connectivity index (χ4v) is 6.44. The van der Waals surface area contributed by atoms with Crippen LogP contribution in [0.15, 0.2) is 54.6 Å². The summed E-state index contributed by atoms with van der Waals surface area (Å²) in [5.74, 6) is -2.14. The first kappa shape index (κ1) is 30.8. The molecule has 3 aromatic carbocycles. The first-order chi connectivity index (χ1) is 19.8. The van der Waals surface area contributed by atoms with Gasteiger partial charge in [-0.15, -0.1) is 23.2 Å². The Morgan fingerprint density at radius 1 is 0.881 bits per heavy atom. The molecule has 5 rings (SSSR count). The zero-order chi connectivity index (χ0) is 30.4. The van der Waals surface area contributed by atoms with Gasteiger partial charge >= 0.3 is 6.09 Å². The van der Waals surface area contributed by atoms with E-state index in [4.69, 9.17) is 62.7 Å². The van der Waals surface area contributed by atoms with E-state index in [1.165, 1.54) is 0 Å². The summed E-state index contributed by atoms with van der Waals surface area (Å²) >= 11 is 31.3. The van der Waals surface area contributed by atoms with Gasteiger partial charge in [0.05, 0.1) is 21.0 Å². The Morgan fingerprint density at radius 3 is 2.17 bits per heavy atom. The number of nitrogens with one attached hydrogen (secondary N) is 3. The summed E-state index contributed by atoms with van der Waals surface area (Å²) in [6, 6.07) is 14.8. The minimum Gasteiger partial charge on any atom is -0.443 e. The van der Waals surface area contributed by atoms with Crippen LogP contribution in [0.25, 0.3) is 0 Å². The summed E-state index contributed by atoms with van der Waals surface area (Å²) in [6.07, 6.45) is 2.24. The fourth-order valence-electron chi connectivity index (χ4n) is 5.00. The number of carbonyl (C=O) groups is 3. The van der Waals surface area contributed by atoms with Crippen LogP contribution in [0.3, 0.4) is 0 Å². The van der Waals surface area contributed by atoms with Gasteiger partial charge in [-0.1, -0.05) is 40.9 Å². The van der Waals surface area contributed by atoms with Gasteiger partial charge in [0.25, 0.3) is 5.91 Å². The number of alkyl halides is 2. The number of benzene rings is 3. The van der Waals surface area contributed by atoms with Crippen molar-refractivity contribution < 1.29 is 19.1 Å². The lowest BCUT2D eigenvalue weighted by Gasteiger charge is -2.37. The molecule has 42 heavy (non-hydrogen) atoms. The van der Waals surface area contributed by atoms with E-state index < -0.39 is 33.8 Å². The van der Waals surface area contributed by atoms with Crippen LogP contribution in [0.2, 0.25) is 15.1 Å². The van der Waals surface area contributed by atoms with Crippen molar-refractivity contribution in [3.8, 4) is 0 Å². The number of hydrogen-bond acceptors (Lipinski definition) is 4. The summed E-state index contributed by atoms with van der Waals surface area (Å²) in [5, 5.41) is 9.05. The number of anilines is 3. The molecule has 0 spiro atoms. The van der Waals surface area contributed by atoms with Crippen LogP contribution >= 0.6 is 58.0 Å². The van der Waals surface area contributed by atoms with Gasteiger partial charge in [0.15, 0.2) is 0 Å².